The molecule has 2 bridgehead atoms. The number of thiophene rings is 1. The van der Waals surface area contributed by atoms with Gasteiger partial charge in [0.25, 0.3) is 5.91 Å². The summed E-state index contributed by atoms with van der Waals surface area (Å²) in [4.78, 5) is 20.8. The van der Waals surface area contributed by atoms with Crippen molar-refractivity contribution in [1.82, 2.24) is 15.2 Å². The van der Waals surface area contributed by atoms with Crippen molar-refractivity contribution in [3.05, 3.63) is 52.0 Å². The van der Waals surface area contributed by atoms with Gasteiger partial charge in [0, 0.05) is 49.1 Å². The van der Waals surface area contributed by atoms with Gasteiger partial charge in [-0.2, -0.15) is 0 Å². The fourth-order valence-corrected chi connectivity index (χ4v) is 6.07. The van der Waals surface area contributed by atoms with Crippen LogP contribution in [0, 0.1) is 18.8 Å². The quantitative estimate of drug-likeness (QED) is 0.863. The average Bonchev–Trinajstić information content (AvgIpc) is 3.41. The third-order valence-corrected chi connectivity index (χ3v) is 7.40. The van der Waals surface area contributed by atoms with E-state index in [0.717, 1.165) is 38.0 Å². The summed E-state index contributed by atoms with van der Waals surface area (Å²) >= 11 is 1.82. The van der Waals surface area contributed by atoms with Crippen LogP contribution in [0.1, 0.15) is 33.8 Å². The number of fused-ring (bicyclic) bond motifs is 1. The summed E-state index contributed by atoms with van der Waals surface area (Å²) in [6, 6.07) is 8.12. The Morgan fingerprint density at radius 3 is 3.19 bits per heavy atom. The molecule has 5 nitrogen and oxygen atoms in total. The molecule has 0 aliphatic carbocycles. The molecular weight excluding hydrogens is 358 g/mol. The molecule has 3 aliphatic heterocycles. The van der Waals surface area contributed by atoms with Crippen LogP contribution >= 0.6 is 11.3 Å². The molecule has 5 rings (SSSR count). The monoisotopic (exact) mass is 383 g/mol. The largest absolute Gasteiger partial charge is 0.370 e. The van der Waals surface area contributed by atoms with E-state index in [1.807, 2.05) is 30.4 Å². The SMILES string of the molecule is Cc1cccnc1C(=O)NC[C@H]1[C@H]2CN(Cc3cccs3)C[C@]23CC[C@H]1O3. The minimum absolute atomic E-state index is 0.0121. The Labute approximate surface area is 163 Å². The zero-order chi connectivity index (χ0) is 18.4. The van der Waals surface area contributed by atoms with Crippen molar-refractivity contribution < 1.29 is 9.53 Å². The van der Waals surface area contributed by atoms with E-state index < -0.39 is 0 Å². The van der Waals surface area contributed by atoms with Crippen LogP contribution < -0.4 is 5.32 Å². The molecule has 27 heavy (non-hydrogen) atoms. The van der Waals surface area contributed by atoms with Crippen LogP contribution in [0.4, 0.5) is 0 Å². The molecular formula is C21H25N3O2S. The first-order valence-electron chi connectivity index (χ1n) is 9.77. The summed E-state index contributed by atoms with van der Waals surface area (Å²) in [7, 11) is 0. The van der Waals surface area contributed by atoms with Crippen molar-refractivity contribution in [2.24, 2.45) is 11.8 Å². The number of aromatic nitrogens is 1. The summed E-state index contributed by atoms with van der Waals surface area (Å²) in [6.07, 6.45) is 4.25. The first kappa shape index (κ1) is 17.3. The van der Waals surface area contributed by atoms with Gasteiger partial charge in [0.15, 0.2) is 0 Å². The third-order valence-electron chi connectivity index (χ3n) is 6.54. The fraction of sp³-hybridized carbons (Fsp3) is 0.524. The molecule has 5 heterocycles. The predicted octanol–water partition coefficient (Wildman–Crippen LogP) is 2.86. The normalized spacial score (nSPS) is 32.0. The number of amides is 1. The van der Waals surface area contributed by atoms with Gasteiger partial charge in [-0.05, 0) is 42.8 Å². The molecule has 3 aliphatic rings. The van der Waals surface area contributed by atoms with E-state index in [0.29, 0.717) is 30.2 Å². The van der Waals surface area contributed by atoms with Gasteiger partial charge >= 0.3 is 0 Å². The van der Waals surface area contributed by atoms with E-state index in [1.165, 1.54) is 4.88 Å². The number of ether oxygens (including phenoxy) is 1. The number of hydrogen-bond acceptors (Lipinski definition) is 5. The van der Waals surface area contributed by atoms with Gasteiger partial charge in [0.2, 0.25) is 0 Å². The molecule has 2 aromatic rings. The summed E-state index contributed by atoms with van der Waals surface area (Å²) in [5.74, 6) is 0.847. The van der Waals surface area contributed by atoms with E-state index in [1.54, 1.807) is 6.20 Å². The second-order valence-corrected chi connectivity index (χ2v) is 9.19. The van der Waals surface area contributed by atoms with Crippen LogP contribution in [-0.2, 0) is 11.3 Å². The Hall–Kier alpha value is -1.76. The number of nitrogens with zero attached hydrogens (tertiary/aromatic N) is 2. The number of carbonyl (C=O) groups excluding carboxylic acids is 1. The number of pyridine rings is 1. The minimum atomic E-state index is -0.0710. The molecule has 6 heteroatoms. The van der Waals surface area contributed by atoms with Crippen LogP contribution in [-0.4, -0.2) is 47.1 Å². The first-order valence-corrected chi connectivity index (χ1v) is 10.6. The number of aryl methyl sites for hydroxylation is 1. The van der Waals surface area contributed by atoms with Gasteiger partial charge in [-0.15, -0.1) is 11.3 Å². The maximum Gasteiger partial charge on any atom is 0.270 e. The highest BCUT2D eigenvalue weighted by molar-refractivity contribution is 7.09. The molecule has 0 radical (unpaired) electrons. The Morgan fingerprint density at radius 1 is 1.44 bits per heavy atom. The number of likely N-dealkylation sites (tertiary alicyclic amines) is 1. The maximum absolute atomic E-state index is 12.6. The van der Waals surface area contributed by atoms with Crippen molar-refractivity contribution in [2.45, 2.75) is 38.0 Å². The maximum atomic E-state index is 12.6. The van der Waals surface area contributed by atoms with Crippen LogP contribution in [0.2, 0.25) is 0 Å². The highest BCUT2D eigenvalue weighted by Gasteiger charge is 2.62. The molecule has 1 spiro atoms. The average molecular weight is 384 g/mol. The van der Waals surface area contributed by atoms with Crippen molar-refractivity contribution in [1.29, 1.82) is 0 Å². The molecule has 2 aromatic heterocycles. The Balaban J connectivity index is 1.26. The van der Waals surface area contributed by atoms with Gasteiger partial charge in [0.1, 0.15) is 5.69 Å². The number of rotatable bonds is 5. The molecule has 3 fully saturated rings. The third kappa shape index (κ3) is 3.00. The second kappa shape index (κ2) is 6.69. The predicted molar refractivity (Wildman–Crippen MR) is 105 cm³/mol. The molecule has 1 N–H and O–H groups in total. The lowest BCUT2D eigenvalue weighted by Gasteiger charge is -2.29. The standard InChI is InChI=1S/C21H25N3O2S/c1-14-4-2-8-22-19(14)20(25)23-10-16-17-12-24(11-15-5-3-9-27-15)13-21(17)7-6-18(16)26-21/h2-5,8-9,16-18H,6-7,10-13H2,1H3,(H,23,25)/t16-,17+,18+,21+/m0/s1. The van der Waals surface area contributed by atoms with Crippen molar-refractivity contribution in [3.8, 4) is 0 Å². The van der Waals surface area contributed by atoms with Crippen LogP contribution in [0.3, 0.4) is 0 Å². The Morgan fingerprint density at radius 2 is 2.37 bits per heavy atom. The van der Waals surface area contributed by atoms with E-state index in [-0.39, 0.29) is 11.5 Å². The van der Waals surface area contributed by atoms with E-state index in [4.69, 9.17) is 4.74 Å². The Kier molecular flexibility index (Phi) is 4.30. The lowest BCUT2D eigenvalue weighted by molar-refractivity contribution is 0.00219. The van der Waals surface area contributed by atoms with Gasteiger partial charge < -0.3 is 10.1 Å². The van der Waals surface area contributed by atoms with E-state index in [2.05, 4.69) is 32.7 Å². The summed E-state index contributed by atoms with van der Waals surface area (Å²) in [5, 5.41) is 5.28. The molecule has 0 aromatic carbocycles. The van der Waals surface area contributed by atoms with Crippen LogP contribution in [0.25, 0.3) is 0 Å². The second-order valence-electron chi connectivity index (χ2n) is 8.16. The van der Waals surface area contributed by atoms with Gasteiger partial charge in [-0.3, -0.25) is 14.7 Å². The molecule has 142 valence electrons. The molecule has 3 saturated heterocycles. The topological polar surface area (TPSA) is 54.5 Å². The minimum Gasteiger partial charge on any atom is -0.370 e. The molecule has 4 atom stereocenters. The first-order chi connectivity index (χ1) is 13.1. The number of nitrogens with one attached hydrogen (secondary N) is 1. The molecule has 0 unspecified atom stereocenters. The van der Waals surface area contributed by atoms with Crippen molar-refractivity contribution in [2.75, 3.05) is 19.6 Å². The highest BCUT2D eigenvalue weighted by Crippen LogP contribution is 2.54. The molecule has 1 amide bonds. The van der Waals surface area contributed by atoms with Gasteiger partial charge in [-0.1, -0.05) is 12.1 Å². The van der Waals surface area contributed by atoms with Gasteiger partial charge in [-0.25, -0.2) is 0 Å². The zero-order valence-electron chi connectivity index (χ0n) is 15.6. The summed E-state index contributed by atoms with van der Waals surface area (Å²) < 4.78 is 6.50. The van der Waals surface area contributed by atoms with E-state index in [9.17, 15) is 4.79 Å². The highest BCUT2D eigenvalue weighted by atomic mass is 32.1. The lowest BCUT2D eigenvalue weighted by Crippen LogP contribution is -2.42. The van der Waals surface area contributed by atoms with Crippen molar-refractivity contribution >= 4 is 17.2 Å². The van der Waals surface area contributed by atoms with Crippen LogP contribution in [0.15, 0.2) is 35.8 Å². The van der Waals surface area contributed by atoms with Crippen LogP contribution in [0.5, 0.6) is 0 Å². The smallest absolute Gasteiger partial charge is 0.270 e. The fourth-order valence-electron chi connectivity index (χ4n) is 5.32. The lowest BCUT2D eigenvalue weighted by atomic mass is 9.73. The summed E-state index contributed by atoms with van der Waals surface area (Å²) in [5.41, 5.74) is 1.46. The number of carbonyl (C=O) groups is 1. The molecule has 0 saturated carbocycles. The Bertz CT molecular complexity index is 840. The van der Waals surface area contributed by atoms with E-state index >= 15 is 0 Å². The van der Waals surface area contributed by atoms with Crippen molar-refractivity contribution in [3.63, 3.8) is 0 Å². The zero-order valence-corrected chi connectivity index (χ0v) is 16.4. The number of hydrogen-bond donors (Lipinski definition) is 1. The van der Waals surface area contributed by atoms with Gasteiger partial charge in [0.05, 0.1) is 11.7 Å². The summed E-state index contributed by atoms with van der Waals surface area (Å²) in [6.45, 7) is 5.71.